The molecular weight excluding hydrogens is 158 g/mol. The van der Waals surface area contributed by atoms with Gasteiger partial charge in [-0.1, -0.05) is 0 Å². The van der Waals surface area contributed by atoms with Gasteiger partial charge in [0, 0.05) is 0 Å². The molecule has 0 bridgehead atoms. The maximum absolute atomic E-state index is 11.1. The SMILES string of the molecule is [CH2-][NH+]1C=Nc2c1nc(N)[nH]c2=O. The highest BCUT2D eigenvalue weighted by atomic mass is 16.1. The average molecular weight is 165 g/mol. The molecule has 62 valence electrons. The number of aromatic nitrogens is 2. The van der Waals surface area contributed by atoms with E-state index in [1.807, 2.05) is 0 Å². The second-order valence-corrected chi connectivity index (χ2v) is 2.43. The number of hydrogen-bond acceptors (Lipinski definition) is 4. The summed E-state index contributed by atoms with van der Waals surface area (Å²) >= 11 is 0. The minimum atomic E-state index is -0.326. The lowest BCUT2D eigenvalue weighted by Crippen LogP contribution is -2.99. The zero-order chi connectivity index (χ0) is 8.72. The van der Waals surface area contributed by atoms with E-state index in [9.17, 15) is 4.79 Å². The Morgan fingerprint density at radius 2 is 2.42 bits per heavy atom. The van der Waals surface area contributed by atoms with E-state index in [1.165, 1.54) is 6.34 Å². The molecule has 2 heterocycles. The van der Waals surface area contributed by atoms with Crippen LogP contribution < -0.4 is 16.2 Å². The third kappa shape index (κ3) is 0.817. The number of nitrogen functional groups attached to an aromatic ring is 1. The van der Waals surface area contributed by atoms with Crippen molar-refractivity contribution in [2.45, 2.75) is 0 Å². The average Bonchev–Trinajstić information content (AvgIpc) is 2.33. The van der Waals surface area contributed by atoms with Crippen LogP contribution in [0.25, 0.3) is 0 Å². The molecule has 0 fully saturated rings. The fourth-order valence-electron chi connectivity index (χ4n) is 1.03. The topological polar surface area (TPSA) is 88.6 Å². The predicted molar refractivity (Wildman–Crippen MR) is 43.4 cm³/mol. The van der Waals surface area contributed by atoms with Crippen LogP contribution in [0, 0.1) is 7.05 Å². The first-order valence-electron chi connectivity index (χ1n) is 3.31. The van der Waals surface area contributed by atoms with Gasteiger partial charge in [-0.05, 0) is 0 Å². The second kappa shape index (κ2) is 2.15. The Morgan fingerprint density at radius 1 is 1.67 bits per heavy atom. The fraction of sp³-hybridized carbons (Fsp3) is 0. The maximum atomic E-state index is 11.1. The molecule has 1 atom stereocenters. The van der Waals surface area contributed by atoms with Gasteiger partial charge >= 0.3 is 0 Å². The highest BCUT2D eigenvalue weighted by molar-refractivity contribution is 5.69. The lowest BCUT2D eigenvalue weighted by Gasteiger charge is -2.06. The molecule has 1 aromatic rings. The van der Waals surface area contributed by atoms with Gasteiger partial charge in [0.2, 0.25) is 17.5 Å². The van der Waals surface area contributed by atoms with E-state index in [0.29, 0.717) is 10.7 Å². The first-order chi connectivity index (χ1) is 5.68. The minimum absolute atomic E-state index is 0.0883. The predicted octanol–water partition coefficient (Wildman–Crippen LogP) is -1.67. The summed E-state index contributed by atoms with van der Waals surface area (Å²) < 4.78 is 0. The summed E-state index contributed by atoms with van der Waals surface area (Å²) in [6, 6.07) is 0. The van der Waals surface area contributed by atoms with E-state index in [4.69, 9.17) is 5.73 Å². The van der Waals surface area contributed by atoms with Gasteiger partial charge in [-0.2, -0.15) is 9.98 Å². The van der Waals surface area contributed by atoms with E-state index in [0.717, 1.165) is 0 Å². The Hall–Kier alpha value is -1.69. The van der Waals surface area contributed by atoms with Gasteiger partial charge in [-0.25, -0.2) is 0 Å². The number of nitrogens with one attached hydrogen (secondary N) is 2. The quantitative estimate of drug-likeness (QED) is 0.402. The molecule has 2 rings (SSSR count). The van der Waals surface area contributed by atoms with Gasteiger partial charge in [0.05, 0.1) is 0 Å². The van der Waals surface area contributed by atoms with Crippen LogP contribution in [0.15, 0.2) is 9.79 Å². The van der Waals surface area contributed by atoms with Crippen molar-refractivity contribution in [1.82, 2.24) is 9.97 Å². The van der Waals surface area contributed by atoms with Gasteiger partial charge in [0.1, 0.15) is 0 Å². The first kappa shape index (κ1) is 6.99. The van der Waals surface area contributed by atoms with Crippen molar-refractivity contribution in [2.75, 3.05) is 5.73 Å². The molecule has 1 aromatic heterocycles. The van der Waals surface area contributed by atoms with Gasteiger partial charge in [0.25, 0.3) is 5.56 Å². The smallest absolute Gasteiger partial charge is 0.284 e. The molecule has 0 aliphatic carbocycles. The van der Waals surface area contributed by atoms with Crippen LogP contribution in [0.3, 0.4) is 0 Å². The van der Waals surface area contributed by atoms with E-state index >= 15 is 0 Å². The Bertz CT molecular complexity index is 407. The number of fused-ring (bicyclic) bond motifs is 1. The van der Waals surface area contributed by atoms with Crippen molar-refractivity contribution >= 4 is 23.8 Å². The molecule has 0 radical (unpaired) electrons. The first-order valence-corrected chi connectivity index (χ1v) is 3.31. The largest absolute Gasteiger partial charge is 0.373 e. The number of nitrogens with two attached hydrogens (primary N) is 1. The van der Waals surface area contributed by atoms with Crippen LogP contribution in [0.1, 0.15) is 0 Å². The van der Waals surface area contributed by atoms with Crippen LogP contribution in [-0.4, -0.2) is 16.3 Å². The number of nitrogens with zero attached hydrogens (tertiary/aromatic N) is 2. The molecule has 0 aromatic carbocycles. The van der Waals surface area contributed by atoms with Crippen LogP contribution in [0.5, 0.6) is 0 Å². The summed E-state index contributed by atoms with van der Waals surface area (Å²) in [5, 5.41) is 0. The third-order valence-corrected chi connectivity index (χ3v) is 1.57. The number of anilines is 1. The van der Waals surface area contributed by atoms with Gasteiger partial charge in [0.15, 0.2) is 6.34 Å². The molecule has 1 unspecified atom stereocenters. The Kier molecular flexibility index (Phi) is 1.25. The fourth-order valence-corrected chi connectivity index (χ4v) is 1.03. The summed E-state index contributed by atoms with van der Waals surface area (Å²) in [5.41, 5.74) is 5.29. The van der Waals surface area contributed by atoms with E-state index in [2.05, 4.69) is 22.0 Å². The van der Waals surface area contributed by atoms with Crippen molar-refractivity contribution in [1.29, 1.82) is 0 Å². The normalized spacial score (nSPS) is 19.6. The molecule has 0 amide bonds. The van der Waals surface area contributed by atoms with Crippen LogP contribution in [0.4, 0.5) is 17.5 Å². The summed E-state index contributed by atoms with van der Waals surface area (Å²) in [5.74, 6) is 0.557. The number of aromatic amines is 1. The molecule has 6 heteroatoms. The molecule has 0 saturated heterocycles. The molecular formula is C6H7N5O. The van der Waals surface area contributed by atoms with Crippen molar-refractivity contribution in [3.8, 4) is 0 Å². The number of rotatable bonds is 0. The zero-order valence-corrected chi connectivity index (χ0v) is 6.16. The molecule has 6 nitrogen and oxygen atoms in total. The molecule has 4 N–H and O–H groups in total. The standard InChI is InChI=1S/C6H7N5O/c1-11-2-8-3-4(11)9-6(7)10-5(3)12/h2,11H,1H2,(H3,7,9,10,12). The summed E-state index contributed by atoms with van der Waals surface area (Å²) in [4.78, 5) is 21.8. The minimum Gasteiger partial charge on any atom is -0.373 e. The maximum Gasteiger partial charge on any atom is 0.284 e. The summed E-state index contributed by atoms with van der Waals surface area (Å²) in [6.45, 7) is 0. The molecule has 1 aliphatic heterocycles. The van der Waals surface area contributed by atoms with Crippen LogP contribution in [-0.2, 0) is 0 Å². The number of aliphatic imine (C=N–C) groups is 1. The van der Waals surface area contributed by atoms with E-state index < -0.39 is 0 Å². The Morgan fingerprint density at radius 3 is 3.17 bits per heavy atom. The summed E-state index contributed by atoms with van der Waals surface area (Å²) in [6.07, 6.45) is 1.49. The lowest BCUT2D eigenvalue weighted by molar-refractivity contribution is -0.665. The van der Waals surface area contributed by atoms with Gasteiger partial charge in [-0.15, -0.1) is 7.05 Å². The molecule has 0 saturated carbocycles. The van der Waals surface area contributed by atoms with Crippen LogP contribution in [0.2, 0.25) is 0 Å². The van der Waals surface area contributed by atoms with E-state index in [-0.39, 0.29) is 17.2 Å². The lowest BCUT2D eigenvalue weighted by atomic mass is 10.5. The van der Waals surface area contributed by atoms with Crippen molar-refractivity contribution in [2.24, 2.45) is 4.99 Å². The zero-order valence-electron chi connectivity index (χ0n) is 6.16. The number of hydrogen-bond donors (Lipinski definition) is 3. The summed E-state index contributed by atoms with van der Waals surface area (Å²) in [7, 11) is 3.66. The molecule has 1 aliphatic rings. The third-order valence-electron chi connectivity index (χ3n) is 1.57. The highest BCUT2D eigenvalue weighted by Crippen LogP contribution is 2.15. The second-order valence-electron chi connectivity index (χ2n) is 2.43. The Balaban J connectivity index is 2.75. The van der Waals surface area contributed by atoms with E-state index in [1.54, 1.807) is 0 Å². The van der Waals surface area contributed by atoms with Crippen LogP contribution >= 0.6 is 0 Å². The molecule has 0 spiro atoms. The van der Waals surface area contributed by atoms with Gasteiger partial charge < -0.3 is 10.6 Å². The number of quaternary nitrogens is 1. The number of H-pyrrole nitrogens is 1. The Labute approximate surface area is 67.8 Å². The van der Waals surface area contributed by atoms with Gasteiger partial charge in [-0.3, -0.25) is 9.78 Å². The van der Waals surface area contributed by atoms with Crippen molar-refractivity contribution in [3.05, 3.63) is 17.4 Å². The highest BCUT2D eigenvalue weighted by Gasteiger charge is 2.19. The molecule has 12 heavy (non-hydrogen) atoms. The van der Waals surface area contributed by atoms with Crippen molar-refractivity contribution < 1.29 is 4.90 Å². The van der Waals surface area contributed by atoms with Crippen molar-refractivity contribution in [3.63, 3.8) is 0 Å². The monoisotopic (exact) mass is 165 g/mol.